The van der Waals surface area contributed by atoms with Gasteiger partial charge >= 0.3 is 5.69 Å². The van der Waals surface area contributed by atoms with Crippen LogP contribution in [0.3, 0.4) is 0 Å². The summed E-state index contributed by atoms with van der Waals surface area (Å²) in [6, 6.07) is 14.6. The highest BCUT2D eigenvalue weighted by Crippen LogP contribution is 2.60. The van der Waals surface area contributed by atoms with Crippen LogP contribution in [0.25, 0.3) is 5.69 Å². The summed E-state index contributed by atoms with van der Waals surface area (Å²) in [4.78, 5) is 46.3. The Morgan fingerprint density at radius 1 is 0.975 bits per heavy atom. The lowest BCUT2D eigenvalue weighted by atomic mass is 9.48. The van der Waals surface area contributed by atoms with E-state index in [1.807, 2.05) is 26.0 Å². The summed E-state index contributed by atoms with van der Waals surface area (Å²) < 4.78 is 1.11. The number of rotatable bonds is 7. The molecule has 8 heteroatoms. The second-order valence-corrected chi connectivity index (χ2v) is 11.9. The predicted octanol–water partition coefficient (Wildman–Crippen LogP) is 4.93. The molecule has 208 valence electrons. The number of aromatic amines is 1. The van der Waals surface area contributed by atoms with E-state index in [1.165, 1.54) is 50.3 Å². The number of nitrogens with zero attached hydrogens (tertiary/aromatic N) is 3. The fraction of sp³-hybridized carbons (Fsp3) is 0.438. The largest absolute Gasteiger partial charge is 0.493 e. The van der Waals surface area contributed by atoms with Gasteiger partial charge in [-0.3, -0.25) is 19.6 Å². The fourth-order valence-corrected chi connectivity index (χ4v) is 7.85. The molecule has 1 heterocycles. The molecule has 4 bridgehead atoms. The van der Waals surface area contributed by atoms with E-state index in [4.69, 9.17) is 0 Å². The van der Waals surface area contributed by atoms with E-state index in [0.717, 1.165) is 22.3 Å². The van der Waals surface area contributed by atoms with Crippen LogP contribution < -0.4 is 11.2 Å². The summed E-state index contributed by atoms with van der Waals surface area (Å²) in [6.07, 6.45) is 9.10. The number of carbonyl (C=O) groups excluding carboxylic acids is 1. The van der Waals surface area contributed by atoms with Gasteiger partial charge in [0, 0.05) is 24.9 Å². The smallest absolute Gasteiger partial charge is 0.335 e. The van der Waals surface area contributed by atoms with Gasteiger partial charge in [-0.15, -0.1) is 0 Å². The lowest BCUT2D eigenvalue weighted by Crippen LogP contribution is -2.48. The van der Waals surface area contributed by atoms with Gasteiger partial charge in [-0.1, -0.05) is 12.1 Å². The molecule has 0 saturated heterocycles. The number of benzene rings is 2. The molecule has 3 aromatic rings. The van der Waals surface area contributed by atoms with Gasteiger partial charge in [-0.05, 0) is 118 Å². The van der Waals surface area contributed by atoms with E-state index in [0.29, 0.717) is 30.0 Å². The third-order valence-electron chi connectivity index (χ3n) is 9.40. The summed E-state index contributed by atoms with van der Waals surface area (Å²) in [5.41, 5.74) is 1.55. The van der Waals surface area contributed by atoms with Crippen molar-refractivity contribution in [3.63, 3.8) is 0 Å². The molecule has 4 fully saturated rings. The zero-order valence-corrected chi connectivity index (χ0v) is 23.1. The third kappa shape index (κ3) is 4.59. The van der Waals surface area contributed by atoms with Crippen molar-refractivity contribution in [2.24, 2.45) is 22.7 Å². The number of aromatic nitrogens is 2. The minimum atomic E-state index is -0.721. The molecule has 0 aliphatic heterocycles. The number of amides is 1. The van der Waals surface area contributed by atoms with Gasteiger partial charge in [0.05, 0.1) is 11.4 Å². The van der Waals surface area contributed by atoms with Crippen LogP contribution in [0.15, 0.2) is 63.1 Å². The molecule has 2 N–H and O–H groups in total. The van der Waals surface area contributed by atoms with Crippen molar-refractivity contribution >= 4 is 17.8 Å². The SMILES string of the molecule is CCN(CC)C(=O)c1ccc(N=Cc2c(O)n(-c3ccc(C45CC6CC(CC(C6)C4)C5)cc3)c(=O)[nH]c2=O)cc1. The second kappa shape index (κ2) is 10.2. The fourth-order valence-electron chi connectivity index (χ4n) is 7.85. The van der Waals surface area contributed by atoms with E-state index < -0.39 is 17.1 Å². The summed E-state index contributed by atoms with van der Waals surface area (Å²) in [7, 11) is 0. The highest BCUT2D eigenvalue weighted by atomic mass is 16.3. The summed E-state index contributed by atoms with van der Waals surface area (Å²) in [5.74, 6) is 1.97. The first kappa shape index (κ1) is 26.3. The van der Waals surface area contributed by atoms with Crippen molar-refractivity contribution in [3.8, 4) is 11.6 Å². The maximum atomic E-state index is 12.8. The third-order valence-corrected chi connectivity index (χ3v) is 9.40. The normalized spacial score (nSPS) is 25.0. The van der Waals surface area contributed by atoms with Gasteiger partial charge in [0.25, 0.3) is 11.5 Å². The van der Waals surface area contributed by atoms with Crippen LogP contribution in [-0.4, -0.2) is 44.8 Å². The van der Waals surface area contributed by atoms with Crippen LogP contribution in [0.4, 0.5) is 5.69 Å². The molecule has 0 spiro atoms. The molecule has 0 atom stereocenters. The standard InChI is InChI=1S/C32H36N4O4/c1-3-35(4-2)29(38)23-5-9-25(10-6-23)33-19-27-28(37)34-31(40)36(30(27)39)26-11-7-24(8-12-26)32-16-20-13-21(17-32)15-22(14-20)18-32/h5-12,19-22,39H,3-4,13-18H2,1-2H3,(H,34,37,40). The summed E-state index contributed by atoms with van der Waals surface area (Å²) in [6.45, 7) is 5.11. The predicted molar refractivity (Wildman–Crippen MR) is 155 cm³/mol. The molecule has 1 amide bonds. The van der Waals surface area contributed by atoms with Crippen molar-refractivity contribution in [2.45, 2.75) is 57.8 Å². The van der Waals surface area contributed by atoms with Crippen molar-refractivity contribution in [1.82, 2.24) is 14.5 Å². The first-order valence-corrected chi connectivity index (χ1v) is 14.4. The van der Waals surface area contributed by atoms with E-state index in [2.05, 4.69) is 22.1 Å². The van der Waals surface area contributed by atoms with E-state index in [-0.39, 0.29) is 16.9 Å². The Kier molecular flexibility index (Phi) is 6.72. The Morgan fingerprint density at radius 2 is 1.55 bits per heavy atom. The highest BCUT2D eigenvalue weighted by molar-refractivity contribution is 5.94. The van der Waals surface area contributed by atoms with Crippen molar-refractivity contribution < 1.29 is 9.90 Å². The van der Waals surface area contributed by atoms with Crippen molar-refractivity contribution in [3.05, 3.63) is 86.1 Å². The Balaban J connectivity index is 1.26. The minimum absolute atomic E-state index is 0.0593. The molecular formula is C32H36N4O4. The van der Waals surface area contributed by atoms with E-state index >= 15 is 0 Å². The lowest BCUT2D eigenvalue weighted by Gasteiger charge is -2.57. The molecule has 8 nitrogen and oxygen atoms in total. The Morgan fingerprint density at radius 3 is 2.10 bits per heavy atom. The van der Waals surface area contributed by atoms with Gasteiger partial charge in [-0.2, -0.15) is 0 Å². The molecular weight excluding hydrogens is 504 g/mol. The van der Waals surface area contributed by atoms with E-state index in [9.17, 15) is 19.5 Å². The van der Waals surface area contributed by atoms with Gasteiger partial charge < -0.3 is 10.0 Å². The monoisotopic (exact) mass is 540 g/mol. The van der Waals surface area contributed by atoms with Gasteiger partial charge in [-0.25, -0.2) is 9.36 Å². The number of hydrogen-bond acceptors (Lipinski definition) is 5. The summed E-state index contributed by atoms with van der Waals surface area (Å²) >= 11 is 0. The van der Waals surface area contributed by atoms with Crippen LogP contribution in [0.2, 0.25) is 0 Å². The zero-order valence-electron chi connectivity index (χ0n) is 23.1. The average molecular weight is 541 g/mol. The summed E-state index contributed by atoms with van der Waals surface area (Å²) in [5, 5.41) is 11.0. The average Bonchev–Trinajstić information content (AvgIpc) is 2.93. The number of nitrogens with one attached hydrogen (secondary N) is 1. The molecule has 0 radical (unpaired) electrons. The zero-order chi connectivity index (χ0) is 28.0. The Hall–Kier alpha value is -3.94. The molecule has 7 rings (SSSR count). The van der Waals surface area contributed by atoms with Gasteiger partial charge in [0.15, 0.2) is 0 Å². The Labute approximate surface area is 233 Å². The first-order chi connectivity index (χ1) is 19.3. The molecule has 0 unspecified atom stereocenters. The molecule has 2 aromatic carbocycles. The van der Waals surface area contributed by atoms with Crippen LogP contribution in [0.5, 0.6) is 5.88 Å². The molecule has 40 heavy (non-hydrogen) atoms. The molecule has 1 aromatic heterocycles. The molecule has 4 saturated carbocycles. The lowest BCUT2D eigenvalue weighted by molar-refractivity contribution is -0.00518. The van der Waals surface area contributed by atoms with Gasteiger partial charge in [0.1, 0.15) is 5.56 Å². The van der Waals surface area contributed by atoms with Crippen molar-refractivity contribution in [1.29, 1.82) is 0 Å². The number of carbonyl (C=O) groups is 1. The van der Waals surface area contributed by atoms with Crippen LogP contribution in [0, 0.1) is 17.8 Å². The maximum absolute atomic E-state index is 12.8. The Bertz CT molecular complexity index is 1530. The first-order valence-electron chi connectivity index (χ1n) is 14.4. The van der Waals surface area contributed by atoms with Crippen LogP contribution in [-0.2, 0) is 5.41 Å². The van der Waals surface area contributed by atoms with Crippen LogP contribution in [0.1, 0.15) is 73.9 Å². The number of aliphatic imine (C=N–C) groups is 1. The van der Waals surface area contributed by atoms with E-state index in [1.54, 1.807) is 29.2 Å². The molecule has 4 aliphatic carbocycles. The second-order valence-electron chi connectivity index (χ2n) is 11.9. The minimum Gasteiger partial charge on any atom is -0.493 e. The number of H-pyrrole nitrogens is 1. The number of aromatic hydroxyl groups is 1. The topological polar surface area (TPSA) is 108 Å². The quantitative estimate of drug-likeness (QED) is 0.414. The van der Waals surface area contributed by atoms with Gasteiger partial charge in [0.2, 0.25) is 5.88 Å². The molecule has 4 aliphatic rings. The number of hydrogen-bond donors (Lipinski definition) is 2. The van der Waals surface area contributed by atoms with Crippen molar-refractivity contribution in [2.75, 3.05) is 13.1 Å². The highest BCUT2D eigenvalue weighted by Gasteiger charge is 2.51. The van der Waals surface area contributed by atoms with Crippen LogP contribution >= 0.6 is 0 Å². The maximum Gasteiger partial charge on any atom is 0.335 e.